The predicted octanol–water partition coefficient (Wildman–Crippen LogP) is 1.42. The van der Waals surface area contributed by atoms with Crippen molar-refractivity contribution in [3.8, 4) is 11.5 Å². The second-order valence-corrected chi connectivity index (χ2v) is 5.53. The lowest BCUT2D eigenvalue weighted by Gasteiger charge is -2.30. The van der Waals surface area contributed by atoms with Gasteiger partial charge in [0.25, 0.3) is 0 Å². The number of imide groups is 1. The molecule has 3 N–H and O–H groups in total. The summed E-state index contributed by atoms with van der Waals surface area (Å²) < 4.78 is 10.7. The maximum atomic E-state index is 12.1. The molecule has 2 rings (SSSR count). The van der Waals surface area contributed by atoms with Crippen molar-refractivity contribution in [2.24, 2.45) is 5.73 Å². The first kappa shape index (κ1) is 17.1. The summed E-state index contributed by atoms with van der Waals surface area (Å²) >= 11 is 0. The Hall–Kier alpha value is -2.28. The zero-order valence-electron chi connectivity index (χ0n) is 13.7. The van der Waals surface area contributed by atoms with E-state index in [1.54, 1.807) is 21.1 Å². The lowest BCUT2D eigenvalue weighted by Crippen LogP contribution is -2.48. The number of carbonyl (C=O) groups is 2. The second-order valence-electron chi connectivity index (χ2n) is 5.53. The molecule has 1 saturated heterocycles. The van der Waals surface area contributed by atoms with Crippen LogP contribution in [0.4, 0.5) is 4.79 Å². The monoisotopic (exact) mass is 321 g/mol. The van der Waals surface area contributed by atoms with E-state index in [1.165, 1.54) is 0 Å². The van der Waals surface area contributed by atoms with Gasteiger partial charge in [-0.2, -0.15) is 0 Å². The molecule has 0 unspecified atom stereocenters. The van der Waals surface area contributed by atoms with E-state index >= 15 is 0 Å². The van der Waals surface area contributed by atoms with Crippen molar-refractivity contribution in [1.82, 2.24) is 10.2 Å². The standard InChI is InChI=1S/C16H23N3O4/c1-10(15(20)18-16(17)21)19-8-4-5-13(19)12-9-11(22-2)6-7-14(12)23-3/h6-7,9-10,13H,4-5,8H2,1-3H3,(H3,17,18,20,21)/t10-,13-/m1/s1. The van der Waals surface area contributed by atoms with Gasteiger partial charge in [0, 0.05) is 11.6 Å². The van der Waals surface area contributed by atoms with Gasteiger partial charge < -0.3 is 15.2 Å². The van der Waals surface area contributed by atoms with Gasteiger partial charge in [0.15, 0.2) is 0 Å². The molecule has 1 fully saturated rings. The van der Waals surface area contributed by atoms with Crippen LogP contribution in [0.25, 0.3) is 0 Å². The van der Waals surface area contributed by atoms with E-state index in [0.29, 0.717) is 0 Å². The number of amides is 3. The van der Waals surface area contributed by atoms with Gasteiger partial charge in [-0.1, -0.05) is 0 Å². The molecule has 3 amide bonds. The molecule has 0 aliphatic carbocycles. The minimum atomic E-state index is -0.837. The van der Waals surface area contributed by atoms with E-state index in [1.807, 2.05) is 18.2 Å². The first-order valence-corrected chi connectivity index (χ1v) is 7.56. The van der Waals surface area contributed by atoms with Crippen molar-refractivity contribution in [3.63, 3.8) is 0 Å². The van der Waals surface area contributed by atoms with Crippen LogP contribution in [0.2, 0.25) is 0 Å². The number of urea groups is 1. The second kappa shape index (κ2) is 7.32. The molecule has 0 spiro atoms. The number of nitrogens with one attached hydrogen (secondary N) is 1. The number of nitrogens with two attached hydrogens (primary N) is 1. The average molecular weight is 321 g/mol. The highest BCUT2D eigenvalue weighted by molar-refractivity contribution is 5.96. The third kappa shape index (κ3) is 3.73. The van der Waals surface area contributed by atoms with E-state index in [9.17, 15) is 9.59 Å². The summed E-state index contributed by atoms with van der Waals surface area (Å²) in [6, 6.07) is 4.35. The van der Waals surface area contributed by atoms with E-state index < -0.39 is 18.0 Å². The summed E-state index contributed by atoms with van der Waals surface area (Å²) in [5.41, 5.74) is 6.01. The Morgan fingerprint density at radius 3 is 2.70 bits per heavy atom. The quantitative estimate of drug-likeness (QED) is 0.855. The van der Waals surface area contributed by atoms with Gasteiger partial charge in [-0.3, -0.25) is 15.0 Å². The molecule has 126 valence electrons. The Kier molecular flexibility index (Phi) is 5.44. The first-order chi connectivity index (χ1) is 11.0. The lowest BCUT2D eigenvalue weighted by atomic mass is 10.0. The minimum absolute atomic E-state index is 0.0219. The van der Waals surface area contributed by atoms with Crippen LogP contribution in [0.5, 0.6) is 11.5 Å². The van der Waals surface area contributed by atoms with Crippen molar-refractivity contribution < 1.29 is 19.1 Å². The number of likely N-dealkylation sites (tertiary alicyclic amines) is 1. The summed E-state index contributed by atoms with van der Waals surface area (Å²) in [5.74, 6) is 1.10. The van der Waals surface area contributed by atoms with E-state index in [4.69, 9.17) is 15.2 Å². The van der Waals surface area contributed by atoms with Crippen LogP contribution < -0.4 is 20.5 Å². The maximum absolute atomic E-state index is 12.1. The van der Waals surface area contributed by atoms with E-state index in [2.05, 4.69) is 10.2 Å². The number of rotatable bonds is 5. The third-order valence-corrected chi connectivity index (χ3v) is 4.21. The largest absolute Gasteiger partial charge is 0.497 e. The molecule has 7 nitrogen and oxygen atoms in total. The lowest BCUT2D eigenvalue weighted by molar-refractivity contribution is -0.125. The van der Waals surface area contributed by atoms with Gasteiger partial charge in [0.1, 0.15) is 11.5 Å². The van der Waals surface area contributed by atoms with Crippen molar-refractivity contribution in [2.45, 2.75) is 31.8 Å². The van der Waals surface area contributed by atoms with E-state index in [0.717, 1.165) is 36.4 Å². The molecule has 0 radical (unpaired) electrons. The van der Waals surface area contributed by atoms with Crippen LogP contribution in [0.15, 0.2) is 18.2 Å². The van der Waals surface area contributed by atoms with Crippen LogP contribution in [-0.2, 0) is 4.79 Å². The number of hydrogen-bond donors (Lipinski definition) is 2. The molecule has 1 aromatic carbocycles. The first-order valence-electron chi connectivity index (χ1n) is 7.56. The summed E-state index contributed by atoms with van der Waals surface area (Å²) in [7, 11) is 3.23. The van der Waals surface area contributed by atoms with Crippen molar-refractivity contribution >= 4 is 11.9 Å². The topological polar surface area (TPSA) is 93.9 Å². The Labute approximate surface area is 135 Å². The van der Waals surface area contributed by atoms with Crippen LogP contribution in [0, 0.1) is 0 Å². The molecule has 0 bridgehead atoms. The van der Waals surface area contributed by atoms with Crippen molar-refractivity contribution in [1.29, 1.82) is 0 Å². The molecule has 1 aliphatic heterocycles. The number of methoxy groups -OCH3 is 2. The minimum Gasteiger partial charge on any atom is -0.497 e. The van der Waals surface area contributed by atoms with Crippen LogP contribution in [-0.4, -0.2) is 43.6 Å². The summed E-state index contributed by atoms with van der Waals surface area (Å²) in [6.45, 7) is 2.53. The number of hydrogen-bond acceptors (Lipinski definition) is 5. The fourth-order valence-corrected chi connectivity index (χ4v) is 3.06. The normalized spacial score (nSPS) is 19.2. The zero-order chi connectivity index (χ0) is 17.0. The van der Waals surface area contributed by atoms with Gasteiger partial charge in [0.2, 0.25) is 5.91 Å². The van der Waals surface area contributed by atoms with Gasteiger partial charge in [-0.15, -0.1) is 0 Å². The molecule has 23 heavy (non-hydrogen) atoms. The highest BCUT2D eigenvalue weighted by Gasteiger charge is 2.35. The summed E-state index contributed by atoms with van der Waals surface area (Å²) in [6.07, 6.45) is 1.86. The van der Waals surface area contributed by atoms with Crippen LogP contribution in [0.1, 0.15) is 31.4 Å². The summed E-state index contributed by atoms with van der Waals surface area (Å²) in [5, 5.41) is 2.14. The van der Waals surface area contributed by atoms with Crippen LogP contribution >= 0.6 is 0 Å². The molecular formula is C16H23N3O4. The van der Waals surface area contributed by atoms with Gasteiger partial charge in [0.05, 0.1) is 20.3 Å². The third-order valence-electron chi connectivity index (χ3n) is 4.21. The van der Waals surface area contributed by atoms with Gasteiger partial charge in [-0.05, 0) is 44.5 Å². The van der Waals surface area contributed by atoms with Crippen molar-refractivity contribution in [3.05, 3.63) is 23.8 Å². The summed E-state index contributed by atoms with van der Waals surface area (Å²) in [4.78, 5) is 25.0. The number of benzene rings is 1. The highest BCUT2D eigenvalue weighted by Crippen LogP contribution is 2.39. The molecule has 0 saturated carbocycles. The number of primary amides is 1. The molecule has 1 aromatic rings. The van der Waals surface area contributed by atoms with E-state index in [-0.39, 0.29) is 6.04 Å². The fourth-order valence-electron chi connectivity index (χ4n) is 3.06. The highest BCUT2D eigenvalue weighted by atomic mass is 16.5. The molecule has 2 atom stereocenters. The molecule has 1 aliphatic rings. The molecule has 0 aromatic heterocycles. The molecule has 7 heteroatoms. The smallest absolute Gasteiger partial charge is 0.318 e. The number of nitrogens with zero attached hydrogens (tertiary/aromatic N) is 1. The average Bonchev–Trinajstić information content (AvgIpc) is 3.02. The van der Waals surface area contributed by atoms with Gasteiger partial charge in [-0.25, -0.2) is 4.79 Å². The molecular weight excluding hydrogens is 298 g/mol. The van der Waals surface area contributed by atoms with Gasteiger partial charge >= 0.3 is 6.03 Å². The molecule has 1 heterocycles. The predicted molar refractivity (Wildman–Crippen MR) is 85.4 cm³/mol. The maximum Gasteiger partial charge on any atom is 0.318 e. The number of ether oxygens (including phenoxy) is 2. The van der Waals surface area contributed by atoms with Crippen LogP contribution in [0.3, 0.4) is 0 Å². The fraction of sp³-hybridized carbons (Fsp3) is 0.500. The Balaban J connectivity index is 2.27. The number of carbonyl (C=O) groups excluding carboxylic acids is 2. The van der Waals surface area contributed by atoms with Crippen molar-refractivity contribution in [2.75, 3.05) is 20.8 Å². The Morgan fingerprint density at radius 2 is 2.09 bits per heavy atom. The zero-order valence-corrected chi connectivity index (χ0v) is 13.7. The SMILES string of the molecule is COc1ccc(OC)c([C@H]2CCCN2[C@H](C)C(=O)NC(N)=O)c1. The Bertz CT molecular complexity index is 591. The Morgan fingerprint density at radius 1 is 1.35 bits per heavy atom.